The molecule has 0 aromatic heterocycles. The first-order valence-electron chi connectivity index (χ1n) is 4.61. The molecule has 0 aromatic carbocycles. The van der Waals surface area contributed by atoms with Crippen LogP contribution >= 0.6 is 0 Å². The van der Waals surface area contributed by atoms with Crippen molar-refractivity contribution < 1.29 is 25.5 Å². The maximum Gasteiger partial charge on any atom is 0.334 e. The monoisotopic (exact) mass is 209 g/mol. The van der Waals surface area contributed by atoms with Crippen LogP contribution in [0.2, 0.25) is 0 Å². The van der Waals surface area contributed by atoms with Crippen LogP contribution in [0.25, 0.3) is 0 Å². The van der Waals surface area contributed by atoms with Crippen molar-refractivity contribution in [1.82, 2.24) is 0 Å². The minimum Gasteiger partial charge on any atom is -0.358 e. The Kier molecular flexibility index (Phi) is 4.93. The molecule has 0 aliphatic heterocycles. The van der Waals surface area contributed by atoms with Crippen LogP contribution in [-0.4, -0.2) is 43.3 Å². The van der Waals surface area contributed by atoms with Gasteiger partial charge >= 0.3 is 5.97 Å². The molecule has 14 heavy (non-hydrogen) atoms. The lowest BCUT2D eigenvalue weighted by Crippen LogP contribution is -2.64. The highest BCUT2D eigenvalue weighted by molar-refractivity contribution is 4.84. The third-order valence-electron chi connectivity index (χ3n) is 2.13. The Morgan fingerprint density at radius 1 is 1.07 bits per heavy atom. The molecule has 0 bridgehead atoms. The van der Waals surface area contributed by atoms with Gasteiger partial charge in [-0.25, -0.2) is 0 Å². The summed E-state index contributed by atoms with van der Waals surface area (Å²) in [5.74, 6) is -6.71. The number of hydrogen-bond acceptors (Lipinski definition) is 6. The standard InChI is InChI=1S/C8H19NO5/c1-2-3-4-5-6(9)7(10,11)8(12,13)14/h6,10-14H,2-5,9H2,1H3. The van der Waals surface area contributed by atoms with Crippen LogP contribution < -0.4 is 5.73 Å². The molecule has 6 nitrogen and oxygen atoms in total. The van der Waals surface area contributed by atoms with E-state index in [2.05, 4.69) is 0 Å². The summed E-state index contributed by atoms with van der Waals surface area (Å²) < 4.78 is 0. The number of rotatable bonds is 6. The van der Waals surface area contributed by atoms with Crippen LogP contribution in [0, 0.1) is 0 Å². The molecule has 0 aliphatic carbocycles. The van der Waals surface area contributed by atoms with Gasteiger partial charge in [0.2, 0.25) is 0 Å². The van der Waals surface area contributed by atoms with Gasteiger partial charge in [-0.2, -0.15) is 0 Å². The second kappa shape index (κ2) is 5.01. The first-order valence-corrected chi connectivity index (χ1v) is 4.61. The highest BCUT2D eigenvalue weighted by Crippen LogP contribution is 2.20. The topological polar surface area (TPSA) is 127 Å². The fraction of sp³-hybridized carbons (Fsp3) is 1.00. The molecule has 0 radical (unpaired) electrons. The van der Waals surface area contributed by atoms with E-state index in [1.807, 2.05) is 6.92 Å². The van der Waals surface area contributed by atoms with E-state index in [0.29, 0.717) is 6.42 Å². The van der Waals surface area contributed by atoms with Gasteiger partial charge < -0.3 is 31.3 Å². The van der Waals surface area contributed by atoms with Crippen molar-refractivity contribution in [1.29, 1.82) is 0 Å². The summed E-state index contributed by atoms with van der Waals surface area (Å²) in [6, 6.07) is -1.31. The van der Waals surface area contributed by atoms with Gasteiger partial charge in [0, 0.05) is 0 Å². The van der Waals surface area contributed by atoms with Crippen LogP contribution in [-0.2, 0) is 0 Å². The summed E-state index contributed by atoms with van der Waals surface area (Å²) >= 11 is 0. The zero-order chi connectivity index (χ0) is 11.4. The molecule has 0 saturated heterocycles. The number of aliphatic hydroxyl groups is 5. The predicted octanol–water partition coefficient (Wildman–Crippen LogP) is -1.79. The molecule has 0 aliphatic rings. The third-order valence-corrected chi connectivity index (χ3v) is 2.13. The van der Waals surface area contributed by atoms with Gasteiger partial charge in [0.05, 0.1) is 6.04 Å². The minimum atomic E-state index is -3.60. The van der Waals surface area contributed by atoms with Crippen molar-refractivity contribution in [2.45, 2.75) is 50.4 Å². The van der Waals surface area contributed by atoms with Crippen molar-refractivity contribution in [3.63, 3.8) is 0 Å². The van der Waals surface area contributed by atoms with Crippen molar-refractivity contribution in [3.05, 3.63) is 0 Å². The molecule has 0 amide bonds. The Bertz CT molecular complexity index is 166. The van der Waals surface area contributed by atoms with Gasteiger partial charge in [0.25, 0.3) is 5.79 Å². The fourth-order valence-electron chi connectivity index (χ4n) is 1.06. The van der Waals surface area contributed by atoms with E-state index in [1.165, 1.54) is 0 Å². The van der Waals surface area contributed by atoms with Gasteiger partial charge in [0.1, 0.15) is 0 Å². The average Bonchev–Trinajstić information content (AvgIpc) is 2.02. The highest BCUT2D eigenvalue weighted by Gasteiger charge is 2.50. The van der Waals surface area contributed by atoms with E-state index >= 15 is 0 Å². The molecule has 1 unspecified atom stereocenters. The van der Waals surface area contributed by atoms with E-state index < -0.39 is 17.8 Å². The second-order valence-electron chi connectivity index (χ2n) is 3.46. The molecule has 0 aromatic rings. The quantitative estimate of drug-likeness (QED) is 0.226. The SMILES string of the molecule is CCCCCC(N)C(O)(O)C(O)(O)O. The van der Waals surface area contributed by atoms with E-state index in [4.69, 9.17) is 31.3 Å². The largest absolute Gasteiger partial charge is 0.358 e. The summed E-state index contributed by atoms with van der Waals surface area (Å²) in [7, 11) is 0. The molecule has 0 rings (SSSR count). The van der Waals surface area contributed by atoms with Gasteiger partial charge in [0.15, 0.2) is 0 Å². The third kappa shape index (κ3) is 3.49. The van der Waals surface area contributed by atoms with E-state index in [9.17, 15) is 0 Å². The molecule has 7 N–H and O–H groups in total. The van der Waals surface area contributed by atoms with Crippen LogP contribution in [0.3, 0.4) is 0 Å². The zero-order valence-electron chi connectivity index (χ0n) is 8.22. The molecule has 86 valence electrons. The van der Waals surface area contributed by atoms with Crippen LogP contribution in [0.15, 0.2) is 0 Å². The Morgan fingerprint density at radius 2 is 1.57 bits per heavy atom. The smallest absolute Gasteiger partial charge is 0.334 e. The van der Waals surface area contributed by atoms with Crippen molar-refractivity contribution in [2.24, 2.45) is 5.73 Å². The molecule has 1 atom stereocenters. The molecule has 0 heterocycles. The lowest BCUT2D eigenvalue weighted by molar-refractivity contribution is -0.451. The molecule has 0 spiro atoms. The van der Waals surface area contributed by atoms with E-state index in [0.717, 1.165) is 12.8 Å². The zero-order valence-corrected chi connectivity index (χ0v) is 8.22. The summed E-state index contributed by atoms with van der Waals surface area (Å²) in [6.07, 6.45) is 2.58. The van der Waals surface area contributed by atoms with Gasteiger partial charge in [-0.3, -0.25) is 0 Å². The van der Waals surface area contributed by atoms with E-state index in [1.54, 1.807) is 0 Å². The summed E-state index contributed by atoms with van der Waals surface area (Å²) in [5, 5.41) is 44.0. The maximum atomic E-state index is 9.10. The Hall–Kier alpha value is -0.240. The summed E-state index contributed by atoms with van der Waals surface area (Å²) in [6.45, 7) is 1.96. The molecular weight excluding hydrogens is 190 g/mol. The Labute approximate surface area is 82.6 Å². The number of hydrogen-bond donors (Lipinski definition) is 6. The van der Waals surface area contributed by atoms with Gasteiger partial charge in [-0.15, -0.1) is 0 Å². The van der Waals surface area contributed by atoms with Gasteiger partial charge in [-0.1, -0.05) is 26.2 Å². The number of unbranched alkanes of at least 4 members (excludes halogenated alkanes) is 2. The van der Waals surface area contributed by atoms with Gasteiger partial charge in [-0.05, 0) is 6.42 Å². The van der Waals surface area contributed by atoms with Crippen molar-refractivity contribution in [3.8, 4) is 0 Å². The fourth-order valence-corrected chi connectivity index (χ4v) is 1.06. The average molecular weight is 209 g/mol. The first-order chi connectivity index (χ1) is 6.23. The first kappa shape index (κ1) is 13.8. The lowest BCUT2D eigenvalue weighted by atomic mass is 9.99. The second-order valence-corrected chi connectivity index (χ2v) is 3.46. The Balaban J connectivity index is 4.15. The highest BCUT2D eigenvalue weighted by atomic mass is 16.7. The minimum absolute atomic E-state index is 0.185. The van der Waals surface area contributed by atoms with Crippen LogP contribution in [0.5, 0.6) is 0 Å². The number of nitrogens with two attached hydrogens (primary N) is 1. The predicted molar refractivity (Wildman–Crippen MR) is 48.7 cm³/mol. The molecule has 0 fully saturated rings. The Morgan fingerprint density at radius 3 is 1.93 bits per heavy atom. The summed E-state index contributed by atoms with van der Waals surface area (Å²) in [4.78, 5) is 0. The van der Waals surface area contributed by atoms with Crippen molar-refractivity contribution >= 4 is 0 Å². The summed E-state index contributed by atoms with van der Waals surface area (Å²) in [5.41, 5.74) is 5.30. The van der Waals surface area contributed by atoms with Crippen LogP contribution in [0.4, 0.5) is 0 Å². The van der Waals surface area contributed by atoms with Crippen molar-refractivity contribution in [2.75, 3.05) is 0 Å². The molecule has 6 heteroatoms. The normalized spacial score (nSPS) is 15.6. The molecular formula is C8H19NO5. The van der Waals surface area contributed by atoms with E-state index in [-0.39, 0.29) is 6.42 Å². The van der Waals surface area contributed by atoms with Crippen LogP contribution in [0.1, 0.15) is 32.6 Å². The lowest BCUT2D eigenvalue weighted by Gasteiger charge is -2.34. The maximum absolute atomic E-state index is 9.10. The molecule has 0 saturated carbocycles.